The molecule has 2 fully saturated rings. The van der Waals surface area contributed by atoms with Crippen LogP contribution in [0.25, 0.3) is 0 Å². The summed E-state index contributed by atoms with van der Waals surface area (Å²) in [7, 11) is -3.29. The summed E-state index contributed by atoms with van der Waals surface area (Å²) in [5.41, 5.74) is 3.56. The molecule has 0 aliphatic heterocycles. The van der Waals surface area contributed by atoms with Crippen molar-refractivity contribution in [1.29, 1.82) is 0 Å². The maximum atomic E-state index is 11.3. The average molecular weight is 485 g/mol. The zero-order valence-electron chi connectivity index (χ0n) is 21.1. The number of carboxylic acids is 1. The number of ether oxygens (including phenoxy) is 1. The van der Waals surface area contributed by atoms with Crippen molar-refractivity contribution in [2.75, 3.05) is 19.5 Å². The average Bonchev–Trinajstić information content (AvgIpc) is 2.67. The summed E-state index contributed by atoms with van der Waals surface area (Å²) in [6.07, 6.45) is 5.30. The molecule has 2 aliphatic carbocycles. The lowest BCUT2D eigenvalue weighted by Gasteiger charge is -2.46. The Balaban J connectivity index is 0.000000520. The Kier molecular flexibility index (Phi) is 11.5. The predicted octanol–water partition coefficient (Wildman–Crippen LogP) is 4.92. The Morgan fingerprint density at radius 3 is 1.70 bits per heavy atom. The first kappa shape index (κ1) is 30.8. The van der Waals surface area contributed by atoms with Crippen molar-refractivity contribution in [1.82, 2.24) is 0 Å². The quantitative estimate of drug-likeness (QED) is 0.236. The van der Waals surface area contributed by atoms with Gasteiger partial charge in [0.15, 0.2) is 0 Å². The second kappa shape index (κ2) is 12.3. The number of carbonyl (C=O) groups is 2. The molecule has 33 heavy (non-hydrogen) atoms. The van der Waals surface area contributed by atoms with Gasteiger partial charge in [0.2, 0.25) is 0 Å². The zero-order valence-corrected chi connectivity index (χ0v) is 21.9. The smallest absolute Gasteiger partial charge is 0.330 e. The highest BCUT2D eigenvalue weighted by molar-refractivity contribution is 7.85. The molecule has 2 rings (SSSR count). The summed E-state index contributed by atoms with van der Waals surface area (Å²) in [5.74, 6) is -0.498. The van der Waals surface area contributed by atoms with Crippen molar-refractivity contribution in [2.24, 2.45) is 22.7 Å². The number of aliphatic carboxylic acids is 1. The fourth-order valence-electron chi connectivity index (χ4n) is 3.15. The van der Waals surface area contributed by atoms with E-state index < -0.39 is 16.1 Å². The van der Waals surface area contributed by atoms with E-state index in [2.05, 4.69) is 47.4 Å². The Bertz CT molecular complexity index is 888. The fraction of sp³-hybridized carbons (Fsp3) is 0.600. The molecule has 8 heteroatoms. The number of rotatable bonds is 7. The van der Waals surface area contributed by atoms with Gasteiger partial charge in [0.1, 0.15) is 0 Å². The van der Waals surface area contributed by atoms with Crippen molar-refractivity contribution in [3.8, 4) is 0 Å². The van der Waals surface area contributed by atoms with Gasteiger partial charge < -0.3 is 9.84 Å². The van der Waals surface area contributed by atoms with Crippen LogP contribution in [0.15, 0.2) is 48.6 Å². The minimum Gasteiger partial charge on any atom is -0.478 e. The van der Waals surface area contributed by atoms with Crippen LogP contribution in [-0.4, -0.2) is 44.9 Å². The van der Waals surface area contributed by atoms with E-state index in [0.717, 1.165) is 30.7 Å². The highest BCUT2D eigenvalue weighted by Gasteiger charge is 2.43. The van der Waals surface area contributed by atoms with Crippen molar-refractivity contribution >= 4 is 22.1 Å². The number of esters is 1. The third kappa shape index (κ3) is 10.5. The van der Waals surface area contributed by atoms with Gasteiger partial charge in [0, 0.05) is 18.1 Å². The van der Waals surface area contributed by atoms with E-state index in [1.54, 1.807) is 0 Å². The van der Waals surface area contributed by atoms with Crippen molar-refractivity contribution < 1.29 is 32.0 Å². The Morgan fingerprint density at radius 2 is 1.42 bits per heavy atom. The summed E-state index contributed by atoms with van der Waals surface area (Å²) in [5, 5.41) is 7.60. The van der Waals surface area contributed by atoms with Crippen LogP contribution in [0.1, 0.15) is 54.4 Å². The Morgan fingerprint density at radius 1 is 1.03 bits per heavy atom. The lowest BCUT2D eigenvalue weighted by Crippen LogP contribution is -2.40. The van der Waals surface area contributed by atoms with Crippen LogP contribution in [0.3, 0.4) is 0 Å². The van der Waals surface area contributed by atoms with E-state index in [0.29, 0.717) is 12.5 Å². The van der Waals surface area contributed by atoms with Gasteiger partial charge in [-0.3, -0.25) is 4.18 Å². The third-order valence-electron chi connectivity index (χ3n) is 6.34. The number of allylic oxidation sites excluding steroid dienone is 3. The van der Waals surface area contributed by atoms with E-state index in [-0.39, 0.29) is 29.3 Å². The molecule has 0 radical (unpaired) electrons. The molecule has 0 bridgehead atoms. The van der Waals surface area contributed by atoms with Gasteiger partial charge in [-0.15, -0.1) is 0 Å². The predicted molar refractivity (Wildman–Crippen MR) is 131 cm³/mol. The molecular weight excluding hydrogens is 444 g/mol. The largest absolute Gasteiger partial charge is 0.478 e. The van der Waals surface area contributed by atoms with E-state index in [9.17, 15) is 18.0 Å². The first-order chi connectivity index (χ1) is 14.8. The van der Waals surface area contributed by atoms with Crippen LogP contribution in [0.2, 0.25) is 0 Å². The molecule has 1 N–H and O–H groups in total. The molecule has 0 aromatic heterocycles. The molecule has 0 amide bonds. The van der Waals surface area contributed by atoms with Crippen molar-refractivity contribution in [3.63, 3.8) is 0 Å². The SMILES string of the molecule is C=C1CC(COC(=O)C=C(C)C)C1(C)C.C=C1CC(COS(C)(=O)=O)C1(C)C.C=CC(=O)O. The highest BCUT2D eigenvalue weighted by atomic mass is 32.2. The molecule has 2 atom stereocenters. The minimum absolute atomic E-state index is 0.0324. The van der Waals surface area contributed by atoms with Crippen LogP contribution < -0.4 is 0 Å². The maximum absolute atomic E-state index is 11.3. The monoisotopic (exact) mass is 484 g/mol. The summed E-state index contributed by atoms with van der Waals surface area (Å²) in [6.45, 7) is 23.8. The lowest BCUT2D eigenvalue weighted by molar-refractivity contribution is -0.141. The normalized spacial score (nSPS) is 22.0. The summed E-state index contributed by atoms with van der Waals surface area (Å²) in [6, 6.07) is 0. The van der Waals surface area contributed by atoms with E-state index >= 15 is 0 Å². The first-order valence-corrected chi connectivity index (χ1v) is 12.5. The van der Waals surface area contributed by atoms with Gasteiger partial charge in [-0.2, -0.15) is 8.42 Å². The molecule has 2 unspecified atom stereocenters. The second-order valence-electron chi connectivity index (χ2n) is 9.84. The third-order valence-corrected chi connectivity index (χ3v) is 6.90. The maximum Gasteiger partial charge on any atom is 0.330 e. The van der Waals surface area contributed by atoms with Gasteiger partial charge in [0.05, 0.1) is 19.5 Å². The number of hydrogen-bond acceptors (Lipinski definition) is 6. The summed E-state index contributed by atoms with van der Waals surface area (Å²) < 4.78 is 31.4. The Hall–Kier alpha value is -2.19. The van der Waals surface area contributed by atoms with E-state index in [1.807, 2.05) is 13.8 Å². The molecule has 2 aliphatic rings. The van der Waals surface area contributed by atoms with Crippen molar-refractivity contribution in [2.45, 2.75) is 54.4 Å². The summed E-state index contributed by atoms with van der Waals surface area (Å²) in [4.78, 5) is 20.5. The van der Waals surface area contributed by atoms with Crippen LogP contribution >= 0.6 is 0 Å². The number of carbonyl (C=O) groups excluding carboxylic acids is 1. The molecule has 0 spiro atoms. The minimum atomic E-state index is -3.29. The lowest BCUT2D eigenvalue weighted by atomic mass is 9.59. The van der Waals surface area contributed by atoms with Gasteiger partial charge in [-0.1, -0.05) is 64.2 Å². The van der Waals surface area contributed by atoms with Gasteiger partial charge in [0.25, 0.3) is 10.1 Å². The highest BCUT2D eigenvalue weighted by Crippen LogP contribution is 2.50. The first-order valence-electron chi connectivity index (χ1n) is 10.7. The number of carboxylic acid groups (broad SMARTS) is 1. The van der Waals surface area contributed by atoms with Crippen LogP contribution in [0.5, 0.6) is 0 Å². The van der Waals surface area contributed by atoms with Crippen molar-refractivity contribution in [3.05, 3.63) is 48.6 Å². The van der Waals surface area contributed by atoms with E-state index in [1.165, 1.54) is 17.2 Å². The Labute approximate surface area is 199 Å². The van der Waals surface area contributed by atoms with Gasteiger partial charge >= 0.3 is 11.9 Å². The standard InChI is InChI=1S/C13H20O2.C9H16O3S.C3H4O2/c1-9(2)6-12(14)15-8-11-7-10(3)13(11,4)5;1-7-5-8(9(7,2)3)6-12-13(4,10)11;1-2-3(4)5/h6,11H,3,7-8H2,1-2,4-5H3;8H,1,5-6H2,2-4H3;2H,1H2,(H,4,5). The van der Waals surface area contributed by atoms with Gasteiger partial charge in [-0.25, -0.2) is 9.59 Å². The van der Waals surface area contributed by atoms with Crippen LogP contribution in [-0.2, 0) is 28.6 Å². The fourth-order valence-corrected chi connectivity index (χ4v) is 3.56. The molecular formula is C25H40O7S. The van der Waals surface area contributed by atoms with Gasteiger partial charge in [-0.05, 0) is 43.4 Å². The number of hydrogen-bond donors (Lipinski definition) is 1. The molecule has 0 saturated heterocycles. The molecule has 7 nitrogen and oxygen atoms in total. The second-order valence-corrected chi connectivity index (χ2v) is 11.5. The van der Waals surface area contributed by atoms with Crippen LogP contribution in [0, 0.1) is 22.7 Å². The molecule has 188 valence electrons. The topological polar surface area (TPSA) is 107 Å². The molecule has 0 aromatic carbocycles. The van der Waals surface area contributed by atoms with Crippen LogP contribution in [0.4, 0.5) is 0 Å². The molecule has 0 heterocycles. The zero-order chi connectivity index (χ0) is 26.2. The molecule has 2 saturated carbocycles. The van der Waals surface area contributed by atoms with E-state index in [4.69, 9.17) is 14.0 Å². The summed E-state index contributed by atoms with van der Waals surface area (Å²) >= 11 is 0. The molecule has 0 aromatic rings.